The van der Waals surface area contributed by atoms with Crippen LogP contribution in [-0.2, 0) is 16.6 Å². The topological polar surface area (TPSA) is 109 Å². The SMILES string of the molecule is NS(=O)(=O)c1ccccc1CNC(=O)O. The fourth-order valence-corrected chi connectivity index (χ4v) is 1.87. The second-order valence-corrected chi connectivity index (χ2v) is 4.34. The van der Waals surface area contributed by atoms with Crippen LogP contribution in [-0.4, -0.2) is 19.6 Å². The van der Waals surface area contributed by atoms with E-state index in [1.54, 1.807) is 6.07 Å². The first kappa shape index (κ1) is 11.5. The summed E-state index contributed by atoms with van der Waals surface area (Å²) in [4.78, 5) is 10.2. The Hall–Kier alpha value is -1.60. The van der Waals surface area contributed by atoms with E-state index in [1.807, 2.05) is 0 Å². The summed E-state index contributed by atoms with van der Waals surface area (Å²) in [6, 6.07) is 5.95. The van der Waals surface area contributed by atoms with Crippen molar-refractivity contribution in [2.45, 2.75) is 11.4 Å². The third-order valence-corrected chi connectivity index (χ3v) is 2.72. The normalized spacial score (nSPS) is 11.0. The predicted octanol–water partition coefficient (Wildman–Crippen LogP) is 0.102. The molecule has 0 spiro atoms. The summed E-state index contributed by atoms with van der Waals surface area (Å²) in [5.74, 6) is 0. The van der Waals surface area contributed by atoms with Crippen molar-refractivity contribution in [2.24, 2.45) is 5.14 Å². The van der Waals surface area contributed by atoms with Gasteiger partial charge in [0.15, 0.2) is 0 Å². The molecule has 15 heavy (non-hydrogen) atoms. The van der Waals surface area contributed by atoms with Crippen LogP contribution in [0.15, 0.2) is 29.2 Å². The highest BCUT2D eigenvalue weighted by Gasteiger charge is 2.12. The molecule has 0 radical (unpaired) electrons. The smallest absolute Gasteiger partial charge is 0.404 e. The lowest BCUT2D eigenvalue weighted by Gasteiger charge is -2.06. The zero-order chi connectivity index (χ0) is 11.5. The van der Waals surface area contributed by atoms with Gasteiger partial charge in [-0.3, -0.25) is 0 Å². The van der Waals surface area contributed by atoms with E-state index in [0.29, 0.717) is 5.56 Å². The van der Waals surface area contributed by atoms with Crippen LogP contribution in [0.1, 0.15) is 5.56 Å². The Morgan fingerprint density at radius 2 is 2.00 bits per heavy atom. The Bertz CT molecular complexity index is 469. The Morgan fingerprint density at radius 3 is 2.53 bits per heavy atom. The van der Waals surface area contributed by atoms with Crippen LogP contribution >= 0.6 is 0 Å². The predicted molar refractivity (Wildman–Crippen MR) is 52.7 cm³/mol. The molecule has 0 aliphatic heterocycles. The van der Waals surface area contributed by atoms with E-state index < -0.39 is 16.1 Å². The van der Waals surface area contributed by atoms with Crippen LogP contribution in [0.25, 0.3) is 0 Å². The number of hydrogen-bond acceptors (Lipinski definition) is 3. The van der Waals surface area contributed by atoms with Crippen molar-refractivity contribution in [1.82, 2.24) is 5.32 Å². The number of rotatable bonds is 3. The molecule has 0 aromatic heterocycles. The average Bonchev–Trinajstić information content (AvgIpc) is 2.13. The molecule has 1 aromatic carbocycles. The molecule has 0 saturated heterocycles. The van der Waals surface area contributed by atoms with Gasteiger partial charge in [0, 0.05) is 6.54 Å². The lowest BCUT2D eigenvalue weighted by atomic mass is 10.2. The number of nitrogens with two attached hydrogens (primary N) is 1. The first-order chi connectivity index (χ1) is 6.91. The summed E-state index contributed by atoms with van der Waals surface area (Å²) >= 11 is 0. The summed E-state index contributed by atoms with van der Waals surface area (Å²) < 4.78 is 22.2. The van der Waals surface area contributed by atoms with Gasteiger partial charge in [-0.1, -0.05) is 18.2 Å². The molecule has 7 heteroatoms. The van der Waals surface area contributed by atoms with E-state index in [0.717, 1.165) is 0 Å². The molecule has 0 fully saturated rings. The van der Waals surface area contributed by atoms with E-state index in [2.05, 4.69) is 5.32 Å². The van der Waals surface area contributed by atoms with Crippen molar-refractivity contribution < 1.29 is 18.3 Å². The molecule has 0 aliphatic carbocycles. The van der Waals surface area contributed by atoms with Gasteiger partial charge in [0.1, 0.15) is 0 Å². The van der Waals surface area contributed by atoms with Gasteiger partial charge in [-0.2, -0.15) is 0 Å². The molecule has 0 heterocycles. The van der Waals surface area contributed by atoms with Crippen molar-refractivity contribution in [3.05, 3.63) is 29.8 Å². The van der Waals surface area contributed by atoms with Gasteiger partial charge in [-0.25, -0.2) is 18.4 Å². The summed E-state index contributed by atoms with van der Waals surface area (Å²) in [5.41, 5.74) is 0.322. The molecule has 0 saturated carbocycles. The summed E-state index contributed by atoms with van der Waals surface area (Å²) in [6.45, 7) is -0.0953. The molecule has 1 aromatic rings. The number of sulfonamides is 1. The fourth-order valence-electron chi connectivity index (χ4n) is 1.10. The van der Waals surface area contributed by atoms with Crippen LogP contribution in [0.3, 0.4) is 0 Å². The second-order valence-electron chi connectivity index (χ2n) is 2.81. The zero-order valence-electron chi connectivity index (χ0n) is 7.67. The number of carboxylic acid groups (broad SMARTS) is 1. The van der Waals surface area contributed by atoms with Gasteiger partial charge in [0.05, 0.1) is 4.90 Å². The number of nitrogens with one attached hydrogen (secondary N) is 1. The molecule has 0 bridgehead atoms. The standard InChI is InChI=1S/C8H10N2O4S/c9-15(13,14)7-4-2-1-3-6(7)5-10-8(11)12/h1-4,10H,5H2,(H,11,12)(H2,9,13,14). The summed E-state index contributed by atoms with van der Waals surface area (Å²) in [6.07, 6.45) is -1.22. The first-order valence-corrected chi connectivity index (χ1v) is 5.53. The van der Waals surface area contributed by atoms with Crippen LogP contribution in [0.4, 0.5) is 4.79 Å². The molecule has 0 unspecified atom stereocenters. The van der Waals surface area contributed by atoms with Gasteiger partial charge in [-0.15, -0.1) is 0 Å². The van der Waals surface area contributed by atoms with Crippen molar-refractivity contribution >= 4 is 16.1 Å². The molecule has 1 rings (SSSR count). The average molecular weight is 230 g/mol. The van der Waals surface area contributed by atoms with Crippen LogP contribution < -0.4 is 10.5 Å². The van der Waals surface area contributed by atoms with Gasteiger partial charge in [0.25, 0.3) is 0 Å². The number of primary sulfonamides is 1. The Kier molecular flexibility index (Phi) is 3.28. The maximum absolute atomic E-state index is 11.1. The molecule has 0 aliphatic rings. The van der Waals surface area contributed by atoms with Crippen LogP contribution in [0, 0.1) is 0 Å². The van der Waals surface area contributed by atoms with Crippen molar-refractivity contribution in [3.8, 4) is 0 Å². The van der Waals surface area contributed by atoms with E-state index in [1.165, 1.54) is 18.2 Å². The molecule has 82 valence electrons. The fraction of sp³-hybridized carbons (Fsp3) is 0.125. The minimum absolute atomic E-state index is 0.0706. The van der Waals surface area contributed by atoms with Crippen molar-refractivity contribution in [3.63, 3.8) is 0 Å². The minimum Gasteiger partial charge on any atom is -0.465 e. The monoisotopic (exact) mass is 230 g/mol. The number of benzene rings is 1. The summed E-state index contributed by atoms with van der Waals surface area (Å²) in [7, 11) is -3.81. The maximum atomic E-state index is 11.1. The van der Waals surface area contributed by atoms with Crippen molar-refractivity contribution in [2.75, 3.05) is 0 Å². The van der Waals surface area contributed by atoms with Crippen LogP contribution in [0.2, 0.25) is 0 Å². The van der Waals surface area contributed by atoms with Crippen LogP contribution in [0.5, 0.6) is 0 Å². The number of amides is 1. The summed E-state index contributed by atoms with van der Waals surface area (Å²) in [5, 5.41) is 15.4. The zero-order valence-corrected chi connectivity index (χ0v) is 8.49. The van der Waals surface area contributed by atoms with E-state index in [9.17, 15) is 13.2 Å². The highest BCUT2D eigenvalue weighted by Crippen LogP contribution is 2.12. The third-order valence-electron chi connectivity index (χ3n) is 1.71. The maximum Gasteiger partial charge on any atom is 0.404 e. The lowest BCUT2D eigenvalue weighted by Crippen LogP contribution is -2.22. The highest BCUT2D eigenvalue weighted by molar-refractivity contribution is 7.89. The molecule has 4 N–H and O–H groups in total. The van der Waals surface area contributed by atoms with Gasteiger partial charge < -0.3 is 10.4 Å². The van der Waals surface area contributed by atoms with E-state index in [-0.39, 0.29) is 11.4 Å². The molecule has 0 atom stereocenters. The molecule has 6 nitrogen and oxygen atoms in total. The third kappa shape index (κ3) is 3.22. The molecule has 1 amide bonds. The van der Waals surface area contributed by atoms with Gasteiger partial charge in [-0.05, 0) is 11.6 Å². The minimum atomic E-state index is -3.81. The van der Waals surface area contributed by atoms with Gasteiger partial charge >= 0.3 is 6.09 Å². The van der Waals surface area contributed by atoms with Gasteiger partial charge in [0.2, 0.25) is 10.0 Å². The van der Waals surface area contributed by atoms with E-state index >= 15 is 0 Å². The first-order valence-electron chi connectivity index (χ1n) is 3.99. The number of hydrogen-bond donors (Lipinski definition) is 3. The Balaban J connectivity index is 3.02. The molecular weight excluding hydrogens is 220 g/mol. The highest BCUT2D eigenvalue weighted by atomic mass is 32.2. The number of carbonyl (C=O) groups is 1. The quantitative estimate of drug-likeness (QED) is 0.684. The second kappa shape index (κ2) is 4.28. The van der Waals surface area contributed by atoms with Crippen molar-refractivity contribution in [1.29, 1.82) is 0 Å². The molecular formula is C8H10N2O4S. The Morgan fingerprint density at radius 1 is 1.40 bits per heavy atom. The van der Waals surface area contributed by atoms with E-state index in [4.69, 9.17) is 10.2 Å². The lowest BCUT2D eigenvalue weighted by molar-refractivity contribution is 0.194. The largest absolute Gasteiger partial charge is 0.465 e. The Labute approximate surface area is 86.8 Å².